The van der Waals surface area contributed by atoms with Gasteiger partial charge >= 0.3 is 0 Å². The van der Waals surface area contributed by atoms with Crippen molar-refractivity contribution >= 4 is 39.6 Å². The Bertz CT molecular complexity index is 549. The Morgan fingerprint density at radius 2 is 1.67 bits per heavy atom. The molecule has 0 spiro atoms. The summed E-state index contributed by atoms with van der Waals surface area (Å²) >= 11 is 12.4. The maximum atomic E-state index is 6.28. The molecule has 0 atom stereocenters. The molecule has 0 fully saturated rings. The van der Waals surface area contributed by atoms with Gasteiger partial charge in [0.25, 0.3) is 0 Å². The monoisotopic (exact) mass is 410 g/mol. The van der Waals surface area contributed by atoms with Gasteiger partial charge in [-0.2, -0.15) is 0 Å². The first-order chi connectivity index (χ1) is 10.7. The normalized spacial score (nSPS) is 13.6. The zero-order valence-corrected chi connectivity index (χ0v) is 19.8. The van der Waals surface area contributed by atoms with Crippen LogP contribution in [0, 0.1) is 0 Å². The number of hydrogen-bond donors (Lipinski definition) is 0. The summed E-state index contributed by atoms with van der Waals surface area (Å²) in [6, 6.07) is 1.11. The summed E-state index contributed by atoms with van der Waals surface area (Å²) in [5.41, 5.74) is 0. The molecule has 1 heterocycles. The van der Waals surface area contributed by atoms with Gasteiger partial charge in [0.15, 0.2) is 13.5 Å². The van der Waals surface area contributed by atoms with Crippen molar-refractivity contribution in [2.75, 3.05) is 6.61 Å². The molecule has 1 aromatic rings. The molecule has 0 saturated carbocycles. The number of aromatic nitrogens is 2. The second kappa shape index (κ2) is 8.23. The summed E-state index contributed by atoms with van der Waals surface area (Å²) in [4.78, 5) is 4.35. The van der Waals surface area contributed by atoms with Gasteiger partial charge in [-0.15, -0.1) is 0 Å². The van der Waals surface area contributed by atoms with E-state index in [0.717, 1.165) is 18.5 Å². The maximum absolute atomic E-state index is 6.28. The highest BCUT2D eigenvalue weighted by Gasteiger charge is 2.37. The van der Waals surface area contributed by atoms with Crippen molar-refractivity contribution in [3.63, 3.8) is 0 Å². The van der Waals surface area contributed by atoms with Crippen molar-refractivity contribution in [2.45, 2.75) is 77.9 Å². The van der Waals surface area contributed by atoms with Gasteiger partial charge < -0.3 is 9.16 Å². The van der Waals surface area contributed by atoms with E-state index in [1.807, 2.05) is 0 Å². The molecule has 0 bridgehead atoms. The first-order valence-electron chi connectivity index (χ1n) is 8.37. The van der Waals surface area contributed by atoms with Gasteiger partial charge in [-0.3, -0.25) is 4.57 Å². The highest BCUT2D eigenvalue weighted by molar-refractivity contribution is 6.76. The Kier molecular flexibility index (Phi) is 7.60. The van der Waals surface area contributed by atoms with Gasteiger partial charge in [-0.1, -0.05) is 63.6 Å². The highest BCUT2D eigenvalue weighted by Crippen LogP contribution is 2.37. The third-order valence-corrected chi connectivity index (χ3v) is 11.5. The Balaban J connectivity index is 2.74. The molecule has 0 saturated heterocycles. The maximum Gasteiger partial charge on any atom is 0.192 e. The lowest BCUT2D eigenvalue weighted by molar-refractivity contribution is 0.0822. The molecule has 0 radical (unpaired) electrons. The number of nitrogens with zero attached hydrogens (tertiary/aromatic N) is 2. The van der Waals surface area contributed by atoms with Crippen LogP contribution in [-0.2, 0) is 22.5 Å². The van der Waals surface area contributed by atoms with Crippen molar-refractivity contribution < 1.29 is 9.16 Å². The molecular formula is C16H32Cl2N2O2Si2. The molecule has 140 valence electrons. The second-order valence-corrected chi connectivity index (χ2v) is 20.1. The van der Waals surface area contributed by atoms with E-state index in [2.05, 4.69) is 58.5 Å². The number of ether oxygens (including phenoxy) is 1. The van der Waals surface area contributed by atoms with Gasteiger partial charge in [-0.05, 0) is 24.2 Å². The van der Waals surface area contributed by atoms with E-state index in [-0.39, 0.29) is 5.04 Å². The average Bonchev–Trinajstić information content (AvgIpc) is 2.66. The van der Waals surface area contributed by atoms with E-state index in [0.29, 0.717) is 23.6 Å². The third-order valence-electron chi connectivity index (χ3n) is 4.53. The van der Waals surface area contributed by atoms with Crippen LogP contribution in [0.3, 0.4) is 0 Å². The predicted molar refractivity (Wildman–Crippen MR) is 108 cm³/mol. The van der Waals surface area contributed by atoms with Crippen molar-refractivity contribution in [1.29, 1.82) is 0 Å². The molecule has 4 nitrogen and oxygen atoms in total. The van der Waals surface area contributed by atoms with Crippen molar-refractivity contribution in [1.82, 2.24) is 9.55 Å². The van der Waals surface area contributed by atoms with Gasteiger partial charge in [0.2, 0.25) is 0 Å². The molecule has 0 amide bonds. The van der Waals surface area contributed by atoms with E-state index in [1.165, 1.54) is 0 Å². The summed E-state index contributed by atoms with van der Waals surface area (Å²) in [5.74, 6) is 0.725. The van der Waals surface area contributed by atoms with Crippen LogP contribution in [-0.4, -0.2) is 32.5 Å². The van der Waals surface area contributed by atoms with Crippen LogP contribution in [0.25, 0.3) is 0 Å². The summed E-state index contributed by atoms with van der Waals surface area (Å²) in [6.45, 7) is 19.6. The van der Waals surface area contributed by atoms with Crippen LogP contribution in [0.1, 0.15) is 26.6 Å². The largest absolute Gasteiger partial charge is 0.409 e. The van der Waals surface area contributed by atoms with Crippen LogP contribution in [0.4, 0.5) is 0 Å². The first-order valence-corrected chi connectivity index (χ1v) is 15.7. The minimum absolute atomic E-state index is 0.145. The Hall–Kier alpha value is 0.144. The molecular weight excluding hydrogens is 379 g/mol. The van der Waals surface area contributed by atoms with Crippen LogP contribution in [0.5, 0.6) is 0 Å². The Labute approximate surface area is 159 Å². The van der Waals surface area contributed by atoms with E-state index >= 15 is 0 Å². The quantitative estimate of drug-likeness (QED) is 0.387. The molecule has 1 rings (SSSR count). The molecule has 0 aliphatic carbocycles. The number of rotatable bonds is 8. The molecule has 8 heteroatoms. The summed E-state index contributed by atoms with van der Waals surface area (Å²) in [6.07, 6.45) is 0. The molecule has 0 aliphatic rings. The lowest BCUT2D eigenvalue weighted by Gasteiger charge is -2.36. The zero-order chi connectivity index (χ0) is 18.8. The highest BCUT2D eigenvalue weighted by atomic mass is 35.5. The molecule has 0 aromatic carbocycles. The van der Waals surface area contributed by atoms with Crippen LogP contribution in [0.2, 0.25) is 54.1 Å². The fourth-order valence-electron chi connectivity index (χ4n) is 1.68. The Morgan fingerprint density at radius 1 is 1.08 bits per heavy atom. The van der Waals surface area contributed by atoms with Crippen LogP contribution in [0.15, 0.2) is 0 Å². The average molecular weight is 412 g/mol. The van der Waals surface area contributed by atoms with Gasteiger partial charge in [0.05, 0.1) is 6.61 Å². The van der Waals surface area contributed by atoms with E-state index in [9.17, 15) is 0 Å². The van der Waals surface area contributed by atoms with Gasteiger partial charge in [0, 0.05) is 14.7 Å². The van der Waals surface area contributed by atoms with Gasteiger partial charge in [0.1, 0.15) is 17.7 Å². The smallest absolute Gasteiger partial charge is 0.192 e. The zero-order valence-electron chi connectivity index (χ0n) is 16.3. The SMILES string of the molecule is CC(C)(C)[Si](C)(C)OCc1nc(Cl)c(Cl)n1COCC[Si](C)(C)C. The Morgan fingerprint density at radius 3 is 2.17 bits per heavy atom. The summed E-state index contributed by atoms with van der Waals surface area (Å²) < 4.78 is 13.8. The molecule has 0 N–H and O–H groups in total. The number of halogens is 2. The summed E-state index contributed by atoms with van der Waals surface area (Å²) in [7, 11) is -2.96. The van der Waals surface area contributed by atoms with Crippen LogP contribution >= 0.6 is 23.2 Å². The lowest BCUT2D eigenvalue weighted by Crippen LogP contribution is -2.40. The number of imidazole rings is 1. The second-order valence-electron chi connectivity index (χ2n) is 8.93. The fraction of sp³-hybridized carbons (Fsp3) is 0.812. The molecule has 0 aliphatic heterocycles. The van der Waals surface area contributed by atoms with E-state index < -0.39 is 16.4 Å². The lowest BCUT2D eigenvalue weighted by atomic mass is 10.2. The first kappa shape index (κ1) is 22.2. The van der Waals surface area contributed by atoms with Crippen molar-refractivity contribution in [2.24, 2.45) is 0 Å². The minimum atomic E-state index is -1.86. The third kappa shape index (κ3) is 6.46. The van der Waals surface area contributed by atoms with E-state index in [4.69, 9.17) is 32.4 Å². The topological polar surface area (TPSA) is 36.3 Å². The fourth-order valence-corrected chi connectivity index (χ4v) is 3.75. The minimum Gasteiger partial charge on any atom is -0.409 e. The predicted octanol–water partition coefficient (Wildman–Crippen LogP) is 6.02. The van der Waals surface area contributed by atoms with E-state index in [1.54, 1.807) is 4.57 Å². The molecule has 0 unspecified atom stereocenters. The van der Waals surface area contributed by atoms with Crippen molar-refractivity contribution in [3.8, 4) is 0 Å². The van der Waals surface area contributed by atoms with Gasteiger partial charge in [-0.25, -0.2) is 4.98 Å². The number of hydrogen-bond acceptors (Lipinski definition) is 3. The van der Waals surface area contributed by atoms with Crippen molar-refractivity contribution in [3.05, 3.63) is 16.1 Å². The standard InChI is InChI=1S/C16H32Cl2N2O2Si2/c1-16(2,3)24(7,8)22-11-13-19-14(17)15(18)20(13)12-21-9-10-23(4,5)6/h9-12H2,1-8H3. The summed E-state index contributed by atoms with van der Waals surface area (Å²) in [5, 5.41) is 0.865. The molecule has 1 aromatic heterocycles. The molecule has 24 heavy (non-hydrogen) atoms. The van der Waals surface area contributed by atoms with Crippen LogP contribution < -0.4 is 0 Å².